The fourth-order valence-corrected chi connectivity index (χ4v) is 6.47. The number of aliphatic carboxylic acids is 1. The number of nitrogens with one attached hydrogen (secondary N) is 1. The van der Waals surface area contributed by atoms with Crippen molar-refractivity contribution in [3.8, 4) is 11.1 Å². The highest BCUT2D eigenvalue weighted by Gasteiger charge is 2.36. The van der Waals surface area contributed by atoms with Crippen molar-refractivity contribution >= 4 is 11.9 Å². The monoisotopic (exact) mass is 675 g/mol. The Morgan fingerprint density at radius 3 is 2.25 bits per heavy atom. The molecule has 0 saturated carbocycles. The number of aryl methyl sites for hydroxylation is 3. The first-order valence-electron chi connectivity index (χ1n) is 16.0. The summed E-state index contributed by atoms with van der Waals surface area (Å²) in [5.41, 5.74) is 1.10. The molecular weight excluding hydrogens is 633 g/mol. The number of carbonyl (C=O) groups is 2. The topological polar surface area (TPSA) is 91.6 Å². The molecule has 1 aliphatic rings. The minimum Gasteiger partial charge on any atom is -0.481 e. The van der Waals surface area contributed by atoms with Crippen LogP contribution < -0.4 is 10.9 Å². The van der Waals surface area contributed by atoms with Crippen LogP contribution in [0.3, 0.4) is 0 Å². The first-order chi connectivity index (χ1) is 22.5. The summed E-state index contributed by atoms with van der Waals surface area (Å²) < 4.78 is 71.7. The summed E-state index contributed by atoms with van der Waals surface area (Å²) in [5, 5.41) is 12.4. The molecule has 0 unspecified atom stereocenters. The van der Waals surface area contributed by atoms with Crippen molar-refractivity contribution in [2.75, 3.05) is 26.3 Å². The summed E-state index contributed by atoms with van der Waals surface area (Å²) in [5.74, 6) is -3.21. The summed E-state index contributed by atoms with van der Waals surface area (Å²) in [6.45, 7) is 9.41. The van der Waals surface area contributed by atoms with Gasteiger partial charge in [0.05, 0.1) is 24.7 Å². The van der Waals surface area contributed by atoms with Gasteiger partial charge in [0.25, 0.3) is 5.56 Å². The second kappa shape index (κ2) is 15.0. The minimum absolute atomic E-state index is 0.0323. The standard InChI is InChI=1S/C36H42F5N3O4/c1-20(2)11-30(44-19-25(9-10-43-17-24(16-37)18-43)28(14-31(44)45)36(39,40)41)35(48)42-29(15-32(46)47)27-13-26(12-23(5)34(27)38)33-21(3)7-6-8-22(33)4/h6-8,12-14,19-20,24,29-30H,9-11,15-18H2,1-5H3,(H,42,48)(H,46,47)/t29-,30-/m0/s1. The Morgan fingerprint density at radius 2 is 1.69 bits per heavy atom. The molecule has 2 N–H and O–H groups in total. The maximum absolute atomic E-state index is 15.8. The van der Waals surface area contributed by atoms with Gasteiger partial charge in [0.15, 0.2) is 0 Å². The van der Waals surface area contributed by atoms with E-state index in [1.54, 1.807) is 26.8 Å². The number of carboxylic acids is 1. The lowest BCUT2D eigenvalue weighted by Crippen LogP contribution is -2.48. The van der Waals surface area contributed by atoms with Crippen molar-refractivity contribution in [1.29, 1.82) is 0 Å². The molecule has 7 nitrogen and oxygen atoms in total. The number of halogens is 5. The minimum atomic E-state index is -4.83. The fraction of sp³-hybridized carbons (Fsp3) is 0.472. The van der Waals surface area contributed by atoms with E-state index in [0.29, 0.717) is 24.7 Å². The number of nitrogens with zero attached hydrogens (tertiary/aromatic N) is 2. The third-order valence-electron chi connectivity index (χ3n) is 8.87. The number of hydrogen-bond donors (Lipinski definition) is 2. The molecule has 1 amide bonds. The van der Waals surface area contributed by atoms with Crippen molar-refractivity contribution in [2.24, 2.45) is 11.8 Å². The van der Waals surface area contributed by atoms with E-state index < -0.39 is 60.2 Å². The van der Waals surface area contributed by atoms with Crippen LogP contribution in [0.5, 0.6) is 0 Å². The van der Waals surface area contributed by atoms with Gasteiger partial charge in [-0.3, -0.25) is 18.8 Å². The van der Waals surface area contributed by atoms with Gasteiger partial charge in [-0.15, -0.1) is 0 Å². The summed E-state index contributed by atoms with van der Waals surface area (Å²) in [7, 11) is 0. The van der Waals surface area contributed by atoms with E-state index in [0.717, 1.165) is 27.5 Å². The number of carboxylic acid groups (broad SMARTS) is 1. The van der Waals surface area contributed by atoms with E-state index in [1.165, 1.54) is 6.07 Å². The lowest BCUT2D eigenvalue weighted by atomic mass is 9.90. The van der Waals surface area contributed by atoms with E-state index >= 15 is 4.39 Å². The molecule has 48 heavy (non-hydrogen) atoms. The normalized spacial score (nSPS) is 15.3. The Morgan fingerprint density at radius 1 is 1.04 bits per heavy atom. The fourth-order valence-electron chi connectivity index (χ4n) is 6.47. The molecule has 1 aliphatic heterocycles. The number of carbonyl (C=O) groups excluding carboxylic acids is 1. The smallest absolute Gasteiger partial charge is 0.416 e. The number of benzene rings is 2. The quantitative estimate of drug-likeness (QED) is 0.191. The highest BCUT2D eigenvalue weighted by Crippen LogP contribution is 2.35. The lowest BCUT2D eigenvalue weighted by Gasteiger charge is -2.38. The Kier molecular flexibility index (Phi) is 11.5. The predicted molar refractivity (Wildman–Crippen MR) is 173 cm³/mol. The van der Waals surface area contributed by atoms with Crippen LogP contribution in [0.15, 0.2) is 47.4 Å². The molecule has 1 aromatic heterocycles. The largest absolute Gasteiger partial charge is 0.481 e. The van der Waals surface area contributed by atoms with E-state index in [2.05, 4.69) is 5.32 Å². The molecule has 0 aliphatic carbocycles. The molecular formula is C36H42F5N3O4. The SMILES string of the molecule is Cc1cc(-c2c(C)cccc2C)cc([C@H](CC(=O)O)NC(=O)[C@H](CC(C)C)n2cc(CCN3CC(CF)C3)c(C(F)(F)F)cc2=O)c1F. The van der Waals surface area contributed by atoms with Crippen molar-refractivity contribution in [2.45, 2.75) is 72.1 Å². The molecule has 0 radical (unpaired) electrons. The van der Waals surface area contributed by atoms with Gasteiger partial charge in [0, 0.05) is 43.4 Å². The zero-order chi connectivity index (χ0) is 35.5. The average Bonchev–Trinajstić information content (AvgIpc) is 2.96. The van der Waals surface area contributed by atoms with Crippen LogP contribution in [0.2, 0.25) is 0 Å². The molecule has 0 bridgehead atoms. The van der Waals surface area contributed by atoms with Gasteiger partial charge in [-0.25, -0.2) is 4.39 Å². The van der Waals surface area contributed by atoms with E-state index in [9.17, 15) is 37.1 Å². The van der Waals surface area contributed by atoms with Gasteiger partial charge in [-0.2, -0.15) is 13.2 Å². The molecule has 2 atom stereocenters. The van der Waals surface area contributed by atoms with Crippen LogP contribution in [0.25, 0.3) is 11.1 Å². The predicted octanol–water partition coefficient (Wildman–Crippen LogP) is 6.96. The molecule has 1 fully saturated rings. The number of amides is 1. The van der Waals surface area contributed by atoms with Gasteiger partial charge in [-0.1, -0.05) is 32.0 Å². The molecule has 260 valence electrons. The Balaban J connectivity index is 1.74. The van der Waals surface area contributed by atoms with Crippen LogP contribution in [-0.4, -0.2) is 52.8 Å². The molecule has 3 aromatic rings. The molecule has 2 aromatic carbocycles. The van der Waals surface area contributed by atoms with Gasteiger partial charge in [0.1, 0.15) is 11.9 Å². The second-order valence-corrected chi connectivity index (χ2v) is 13.3. The molecule has 12 heteroatoms. The van der Waals surface area contributed by atoms with Gasteiger partial charge in [-0.05, 0) is 85.0 Å². The highest BCUT2D eigenvalue weighted by atomic mass is 19.4. The number of alkyl halides is 4. The number of hydrogen-bond acceptors (Lipinski definition) is 4. The Hall–Kier alpha value is -4.06. The third kappa shape index (κ3) is 8.50. The molecule has 2 heterocycles. The maximum Gasteiger partial charge on any atom is 0.416 e. The number of rotatable bonds is 13. The molecule has 0 spiro atoms. The van der Waals surface area contributed by atoms with E-state index in [-0.39, 0.29) is 47.9 Å². The van der Waals surface area contributed by atoms with Crippen LogP contribution in [0.4, 0.5) is 22.0 Å². The Bertz CT molecular complexity index is 1690. The summed E-state index contributed by atoms with van der Waals surface area (Å²) in [6.07, 6.45) is -4.54. The average molecular weight is 676 g/mol. The van der Waals surface area contributed by atoms with E-state index in [4.69, 9.17) is 0 Å². The van der Waals surface area contributed by atoms with Crippen LogP contribution in [0.1, 0.15) is 72.2 Å². The number of pyridine rings is 1. The summed E-state index contributed by atoms with van der Waals surface area (Å²) >= 11 is 0. The summed E-state index contributed by atoms with van der Waals surface area (Å²) in [6, 6.07) is 6.64. The summed E-state index contributed by atoms with van der Waals surface area (Å²) in [4.78, 5) is 41.0. The molecule has 1 saturated heterocycles. The Labute approximate surface area is 276 Å². The zero-order valence-corrected chi connectivity index (χ0v) is 27.8. The van der Waals surface area contributed by atoms with Crippen LogP contribution in [-0.2, 0) is 22.2 Å². The van der Waals surface area contributed by atoms with Gasteiger partial charge < -0.3 is 19.9 Å². The maximum atomic E-state index is 15.8. The van der Waals surface area contributed by atoms with Crippen molar-refractivity contribution in [3.05, 3.63) is 92.1 Å². The van der Waals surface area contributed by atoms with Crippen molar-refractivity contribution in [1.82, 2.24) is 14.8 Å². The van der Waals surface area contributed by atoms with Crippen LogP contribution in [0, 0.1) is 38.4 Å². The first-order valence-corrected chi connectivity index (χ1v) is 16.0. The van der Waals surface area contributed by atoms with Gasteiger partial charge in [0.2, 0.25) is 5.91 Å². The van der Waals surface area contributed by atoms with Crippen LogP contribution >= 0.6 is 0 Å². The van der Waals surface area contributed by atoms with Crippen molar-refractivity contribution < 1.29 is 36.6 Å². The zero-order valence-electron chi connectivity index (χ0n) is 27.8. The second-order valence-electron chi connectivity index (χ2n) is 13.3. The van der Waals surface area contributed by atoms with E-state index in [1.807, 2.05) is 36.9 Å². The highest BCUT2D eigenvalue weighted by molar-refractivity contribution is 5.82. The number of likely N-dealkylation sites (tertiary alicyclic amines) is 1. The van der Waals surface area contributed by atoms with Crippen molar-refractivity contribution in [3.63, 3.8) is 0 Å². The first kappa shape index (κ1) is 36.8. The third-order valence-corrected chi connectivity index (χ3v) is 8.87. The van der Waals surface area contributed by atoms with Gasteiger partial charge >= 0.3 is 12.1 Å². The lowest BCUT2D eigenvalue weighted by molar-refractivity contribution is -0.139. The molecule has 4 rings (SSSR count). The number of aromatic nitrogens is 1.